The van der Waals surface area contributed by atoms with Gasteiger partial charge in [-0.2, -0.15) is 0 Å². The van der Waals surface area contributed by atoms with Crippen molar-refractivity contribution in [3.63, 3.8) is 0 Å². The summed E-state index contributed by atoms with van der Waals surface area (Å²) < 4.78 is 18.6. The van der Waals surface area contributed by atoms with E-state index in [0.29, 0.717) is 24.4 Å². The highest BCUT2D eigenvalue weighted by atomic mass is 16.5. The zero-order valence-electron chi connectivity index (χ0n) is 17.9. The number of ether oxygens (including phenoxy) is 3. The molecule has 30 heavy (non-hydrogen) atoms. The number of carbonyl (C=O) groups is 1. The number of hydrogen-bond donors (Lipinski definition) is 0. The second-order valence-corrected chi connectivity index (χ2v) is 8.89. The maximum atomic E-state index is 12.8. The van der Waals surface area contributed by atoms with Crippen molar-refractivity contribution in [2.75, 3.05) is 27.8 Å². The monoisotopic (exact) mass is 407 g/mol. The Labute approximate surface area is 177 Å². The lowest BCUT2D eigenvalue weighted by Crippen LogP contribution is -2.73. The summed E-state index contributed by atoms with van der Waals surface area (Å²) in [5.41, 5.74) is 1.55. The molecule has 0 N–H and O–H groups in total. The molecular weight excluding hydrogens is 378 g/mol. The molecule has 1 aliphatic heterocycles. The van der Waals surface area contributed by atoms with Crippen molar-refractivity contribution in [2.24, 2.45) is 0 Å². The van der Waals surface area contributed by atoms with Gasteiger partial charge in [0.25, 0.3) is 0 Å². The Bertz CT molecular complexity index is 975. The first-order valence-electron chi connectivity index (χ1n) is 10.7. The standard InChI is InChI=1S/C25H29NO4/c1-26-14-13-24-16-18(27)11-12-25(24,29-3)21(26)15-17-9-10-20(28-2)23(22(17)24)30-19-7-5-4-6-8-19/h4-10,21H,11-16H2,1-3H3/t21-,24-,25-/m1/s1. The number of nitrogens with zero attached hydrogens (tertiary/aromatic N) is 1. The fourth-order valence-electron chi connectivity index (χ4n) is 6.36. The van der Waals surface area contributed by atoms with Crippen LogP contribution in [0.4, 0.5) is 0 Å². The van der Waals surface area contributed by atoms with Crippen LogP contribution < -0.4 is 9.47 Å². The molecule has 5 nitrogen and oxygen atoms in total. The summed E-state index contributed by atoms with van der Waals surface area (Å²) >= 11 is 0. The van der Waals surface area contributed by atoms with E-state index in [1.807, 2.05) is 43.5 Å². The molecule has 2 aliphatic carbocycles. The number of carbonyl (C=O) groups excluding carboxylic acids is 1. The van der Waals surface area contributed by atoms with Crippen molar-refractivity contribution in [3.8, 4) is 17.2 Å². The van der Waals surface area contributed by atoms with Crippen molar-refractivity contribution < 1.29 is 19.0 Å². The number of methoxy groups -OCH3 is 2. The lowest BCUT2D eigenvalue weighted by Gasteiger charge is -2.64. The van der Waals surface area contributed by atoms with Crippen LogP contribution >= 0.6 is 0 Å². The summed E-state index contributed by atoms with van der Waals surface area (Å²) in [7, 11) is 5.67. The zero-order chi connectivity index (χ0) is 20.9. The van der Waals surface area contributed by atoms with Gasteiger partial charge in [-0.15, -0.1) is 0 Å². The van der Waals surface area contributed by atoms with Crippen LogP contribution in [0, 0.1) is 0 Å². The number of likely N-dealkylation sites (tertiary alicyclic amines) is 1. The largest absolute Gasteiger partial charge is 0.493 e. The Morgan fingerprint density at radius 2 is 1.87 bits per heavy atom. The van der Waals surface area contributed by atoms with Crippen LogP contribution in [0.15, 0.2) is 42.5 Å². The summed E-state index contributed by atoms with van der Waals surface area (Å²) in [5, 5.41) is 0. The second kappa shape index (κ2) is 7.10. The smallest absolute Gasteiger partial charge is 0.173 e. The molecule has 0 spiro atoms. The molecule has 0 amide bonds. The Hall–Kier alpha value is -2.37. The van der Waals surface area contributed by atoms with E-state index < -0.39 is 11.0 Å². The van der Waals surface area contributed by atoms with Crippen molar-refractivity contribution in [2.45, 2.75) is 49.2 Å². The third-order valence-corrected chi connectivity index (χ3v) is 7.69. The van der Waals surface area contributed by atoms with Gasteiger partial charge in [0, 0.05) is 37.0 Å². The van der Waals surface area contributed by atoms with Crippen molar-refractivity contribution in [1.82, 2.24) is 4.90 Å². The number of ketones is 1. The molecule has 2 aromatic rings. The summed E-state index contributed by atoms with van der Waals surface area (Å²) in [6.45, 7) is 0.935. The number of piperidine rings is 1. The van der Waals surface area contributed by atoms with Crippen LogP contribution in [0.1, 0.15) is 36.8 Å². The van der Waals surface area contributed by atoms with E-state index in [9.17, 15) is 4.79 Å². The van der Waals surface area contributed by atoms with Crippen LogP contribution in [0.3, 0.4) is 0 Å². The Morgan fingerprint density at radius 3 is 2.60 bits per heavy atom. The van der Waals surface area contributed by atoms with Gasteiger partial charge in [0.05, 0.1) is 12.7 Å². The minimum absolute atomic E-state index is 0.245. The Balaban J connectivity index is 1.77. The fraction of sp³-hybridized carbons (Fsp3) is 0.480. The summed E-state index contributed by atoms with van der Waals surface area (Å²) in [6.07, 6.45) is 3.57. The minimum atomic E-state index is -0.402. The minimum Gasteiger partial charge on any atom is -0.493 e. The molecule has 0 radical (unpaired) electrons. The second-order valence-electron chi connectivity index (χ2n) is 8.89. The molecule has 158 valence electrons. The molecule has 1 saturated heterocycles. The highest BCUT2D eigenvalue weighted by Crippen LogP contribution is 2.62. The first-order chi connectivity index (χ1) is 14.5. The molecule has 2 fully saturated rings. The highest BCUT2D eigenvalue weighted by molar-refractivity contribution is 5.83. The average molecular weight is 408 g/mol. The summed E-state index contributed by atoms with van der Waals surface area (Å²) in [4.78, 5) is 15.3. The van der Waals surface area contributed by atoms with E-state index in [-0.39, 0.29) is 6.04 Å². The molecule has 5 heteroatoms. The number of Topliss-reactive ketones (excluding diaryl/α,β-unsaturated/α-hetero) is 1. The first-order valence-corrected chi connectivity index (χ1v) is 10.7. The van der Waals surface area contributed by atoms with Crippen molar-refractivity contribution in [1.29, 1.82) is 0 Å². The molecule has 1 heterocycles. The van der Waals surface area contributed by atoms with Crippen LogP contribution in [-0.4, -0.2) is 50.1 Å². The molecule has 0 unspecified atom stereocenters. The molecule has 2 bridgehead atoms. The first kappa shape index (κ1) is 19.6. The normalized spacial score (nSPS) is 30.4. The molecule has 5 rings (SSSR count). The van der Waals surface area contributed by atoms with E-state index in [1.54, 1.807) is 7.11 Å². The lowest BCUT2D eigenvalue weighted by molar-refractivity contribution is -0.183. The molecular formula is C25H29NO4. The highest BCUT2D eigenvalue weighted by Gasteiger charge is 2.66. The Kier molecular flexibility index (Phi) is 4.64. The number of para-hydroxylation sites is 1. The summed E-state index contributed by atoms with van der Waals surface area (Å²) in [5.74, 6) is 2.51. The van der Waals surface area contributed by atoms with Crippen LogP contribution in [0.5, 0.6) is 17.2 Å². The van der Waals surface area contributed by atoms with Crippen molar-refractivity contribution in [3.05, 3.63) is 53.6 Å². The van der Waals surface area contributed by atoms with E-state index in [0.717, 1.165) is 42.9 Å². The van der Waals surface area contributed by atoms with Gasteiger partial charge in [0.1, 0.15) is 11.5 Å². The third-order valence-electron chi connectivity index (χ3n) is 7.69. The Morgan fingerprint density at radius 1 is 1.07 bits per heavy atom. The molecule has 0 aromatic heterocycles. The third kappa shape index (κ3) is 2.58. The molecule has 2 aromatic carbocycles. The fourth-order valence-corrected chi connectivity index (χ4v) is 6.36. The average Bonchev–Trinajstić information content (AvgIpc) is 2.76. The molecule has 1 saturated carbocycles. The van der Waals surface area contributed by atoms with Crippen LogP contribution in [0.25, 0.3) is 0 Å². The topological polar surface area (TPSA) is 48.0 Å². The van der Waals surface area contributed by atoms with Gasteiger partial charge < -0.3 is 19.1 Å². The number of rotatable bonds is 4. The van der Waals surface area contributed by atoms with E-state index in [4.69, 9.17) is 14.2 Å². The van der Waals surface area contributed by atoms with E-state index >= 15 is 0 Å². The van der Waals surface area contributed by atoms with E-state index in [1.165, 1.54) is 5.56 Å². The van der Waals surface area contributed by atoms with Crippen LogP contribution in [-0.2, 0) is 21.4 Å². The zero-order valence-corrected chi connectivity index (χ0v) is 17.9. The van der Waals surface area contributed by atoms with Gasteiger partial charge in [-0.1, -0.05) is 24.3 Å². The molecule has 3 atom stereocenters. The molecule has 3 aliphatic rings. The lowest BCUT2D eigenvalue weighted by atomic mass is 9.49. The van der Waals surface area contributed by atoms with E-state index in [2.05, 4.69) is 18.0 Å². The number of hydrogen-bond acceptors (Lipinski definition) is 5. The van der Waals surface area contributed by atoms with Gasteiger partial charge in [0.15, 0.2) is 11.5 Å². The quantitative estimate of drug-likeness (QED) is 0.763. The number of fused-ring (bicyclic) bond motifs is 1. The SMILES string of the molecule is COc1ccc2c(c1Oc1ccccc1)[C@]13CCN(C)[C@H](C2)[C@]1(OC)CCC(=O)C3. The number of likely N-dealkylation sites (N-methyl/N-ethyl adjacent to an activating group) is 1. The van der Waals surface area contributed by atoms with Crippen molar-refractivity contribution >= 4 is 5.78 Å². The maximum Gasteiger partial charge on any atom is 0.173 e. The predicted molar refractivity (Wildman–Crippen MR) is 115 cm³/mol. The van der Waals surface area contributed by atoms with Crippen LogP contribution in [0.2, 0.25) is 0 Å². The van der Waals surface area contributed by atoms with Gasteiger partial charge >= 0.3 is 0 Å². The van der Waals surface area contributed by atoms with Gasteiger partial charge in [-0.25, -0.2) is 0 Å². The number of benzene rings is 2. The predicted octanol–water partition coefficient (Wildman–Crippen LogP) is 4.12. The maximum absolute atomic E-state index is 12.8. The van der Waals surface area contributed by atoms with Gasteiger partial charge in [-0.05, 0) is 56.6 Å². The summed E-state index contributed by atoms with van der Waals surface area (Å²) in [6, 6.07) is 14.2. The van der Waals surface area contributed by atoms with Gasteiger partial charge in [0.2, 0.25) is 0 Å². The van der Waals surface area contributed by atoms with Gasteiger partial charge in [-0.3, -0.25) is 4.79 Å².